The summed E-state index contributed by atoms with van der Waals surface area (Å²) < 4.78 is 75.1. The van der Waals surface area contributed by atoms with E-state index in [0.717, 1.165) is 88.7 Å². The third-order valence-corrected chi connectivity index (χ3v) is 14.8. The molecule has 0 fully saturated rings. The molecule has 4 N–H and O–H groups in total. The first-order valence-corrected chi connectivity index (χ1v) is 30.4. The molecule has 0 spiro atoms. The van der Waals surface area contributed by atoms with Crippen molar-refractivity contribution >= 4 is 22.3 Å². The number of fused-ring (bicyclic) bond motifs is 8. The molecule has 0 aromatic carbocycles. The second-order valence-electron chi connectivity index (χ2n) is 20.8. The first-order chi connectivity index (χ1) is 43.5. The van der Waals surface area contributed by atoms with E-state index in [1.165, 1.54) is 0 Å². The zero-order chi connectivity index (χ0) is 60.8. The number of rotatable bonds is 40. The van der Waals surface area contributed by atoms with E-state index >= 15 is 0 Å². The summed E-state index contributed by atoms with van der Waals surface area (Å²) in [6.45, 7) is 13.6. The smallest absolute Gasteiger partial charge is 0.171 e. The highest BCUT2D eigenvalue weighted by atomic mass is 16.6. The lowest BCUT2D eigenvalue weighted by atomic mass is 10.0. The maximum Gasteiger partial charge on any atom is 0.171 e. The van der Waals surface area contributed by atoms with Gasteiger partial charge < -0.3 is 76.8 Å². The molecule has 8 bridgehead atoms. The maximum atomic E-state index is 5.93. The Morgan fingerprint density at radius 1 is 0.227 bits per heavy atom. The molecular formula is C68H88N8O12+4. The Morgan fingerprint density at radius 3 is 0.625 bits per heavy atom. The summed E-state index contributed by atoms with van der Waals surface area (Å²) in [5.41, 5.74) is 12.0. The highest BCUT2D eigenvalue weighted by Crippen LogP contribution is 2.27. The molecule has 468 valence electrons. The second kappa shape index (κ2) is 36.3. The fourth-order valence-electron chi connectivity index (χ4n) is 10.2. The van der Waals surface area contributed by atoms with E-state index in [0.29, 0.717) is 158 Å². The number of methoxy groups -OCH3 is 4. The van der Waals surface area contributed by atoms with Crippen LogP contribution in [0.25, 0.3) is 22.3 Å². The predicted molar refractivity (Wildman–Crippen MR) is 329 cm³/mol. The fourth-order valence-corrected chi connectivity index (χ4v) is 10.2. The Bertz CT molecular complexity index is 3100. The van der Waals surface area contributed by atoms with Gasteiger partial charge in [0.15, 0.2) is 75.8 Å². The molecule has 20 heteroatoms. The summed E-state index contributed by atoms with van der Waals surface area (Å²) in [7, 11) is 6.68. The minimum Gasteiger partial charge on any atom is -0.382 e. The summed E-state index contributed by atoms with van der Waals surface area (Å²) in [6, 6.07) is 34.9. The topological polar surface area (TPSA) is 189 Å². The number of aromatic amines is 4. The molecule has 0 saturated carbocycles. The number of hydrogen-bond acceptors (Lipinski definition) is 12. The number of aromatic nitrogens is 8. The third-order valence-electron chi connectivity index (χ3n) is 14.8. The largest absolute Gasteiger partial charge is 0.382 e. The SMILES string of the molecule is COCCOCCOCC[n+]1ccc(C2=c3ccc([nH]3)=C(c3cc[n+](CCOCCOCCOC)cc3)c3ccc([nH]3)C(c3cc[n+](CCOCCOCCOC)cc3)=c3ccc([nH]3)=C(c3cc[n+](CCOCCOCCOC)cc3)c3ccc2[nH]3)cc1. The van der Waals surface area contributed by atoms with Gasteiger partial charge in [0.05, 0.1) is 106 Å². The lowest BCUT2D eigenvalue weighted by Crippen LogP contribution is -2.35. The lowest BCUT2D eigenvalue weighted by Gasteiger charge is -2.10. The highest BCUT2D eigenvalue weighted by Gasteiger charge is 2.21. The van der Waals surface area contributed by atoms with Crippen molar-refractivity contribution in [3.05, 3.63) is 213 Å². The maximum absolute atomic E-state index is 5.93. The van der Waals surface area contributed by atoms with Crippen LogP contribution in [0.4, 0.5) is 0 Å². The fraction of sp³-hybridized carbons (Fsp3) is 0.412. The van der Waals surface area contributed by atoms with E-state index in [1.54, 1.807) is 28.4 Å². The molecule has 0 aliphatic carbocycles. The van der Waals surface area contributed by atoms with Gasteiger partial charge >= 0.3 is 0 Å². The van der Waals surface area contributed by atoms with Gasteiger partial charge in [0.1, 0.15) is 26.4 Å². The van der Waals surface area contributed by atoms with Crippen LogP contribution in [0.2, 0.25) is 0 Å². The number of H-pyrrole nitrogens is 4. The molecule has 9 heterocycles. The number of ether oxygens (including phenoxy) is 12. The summed E-state index contributed by atoms with van der Waals surface area (Å²) >= 11 is 0. The molecule has 8 aromatic heterocycles. The van der Waals surface area contributed by atoms with Crippen LogP contribution < -0.4 is 39.7 Å². The quantitative estimate of drug-likeness (QED) is 0.0325. The van der Waals surface area contributed by atoms with Crippen molar-refractivity contribution in [2.45, 2.75) is 26.2 Å². The van der Waals surface area contributed by atoms with Gasteiger partial charge in [-0.3, -0.25) is 0 Å². The summed E-state index contributed by atoms with van der Waals surface area (Å²) in [5, 5.41) is 3.79. The van der Waals surface area contributed by atoms with Gasteiger partial charge in [-0.1, -0.05) is 0 Å². The third kappa shape index (κ3) is 19.4. The average Bonchev–Trinajstić information content (AvgIpc) is 1.90. The van der Waals surface area contributed by atoms with Crippen molar-refractivity contribution in [3.63, 3.8) is 0 Å². The molecule has 88 heavy (non-hydrogen) atoms. The van der Waals surface area contributed by atoms with Gasteiger partial charge in [-0.05, 0) is 70.8 Å². The Balaban J connectivity index is 1.11. The van der Waals surface area contributed by atoms with Crippen LogP contribution in [0, 0.1) is 0 Å². The summed E-state index contributed by atoms with van der Waals surface area (Å²) in [4.78, 5) is 15.8. The lowest BCUT2D eigenvalue weighted by molar-refractivity contribution is -0.698. The van der Waals surface area contributed by atoms with Gasteiger partial charge in [0.2, 0.25) is 0 Å². The first-order valence-electron chi connectivity index (χ1n) is 30.4. The van der Waals surface area contributed by atoms with Crippen LogP contribution in [0.3, 0.4) is 0 Å². The van der Waals surface area contributed by atoms with Crippen molar-refractivity contribution in [1.29, 1.82) is 0 Å². The van der Waals surface area contributed by atoms with Crippen LogP contribution in [0.15, 0.2) is 147 Å². The van der Waals surface area contributed by atoms with E-state index in [4.69, 9.17) is 56.8 Å². The molecule has 1 aliphatic rings. The summed E-state index contributed by atoms with van der Waals surface area (Å²) in [5.74, 6) is 0. The Hall–Kier alpha value is -7.28. The number of hydrogen-bond donors (Lipinski definition) is 4. The molecule has 0 saturated heterocycles. The van der Waals surface area contributed by atoms with Crippen LogP contribution in [0.5, 0.6) is 0 Å². The molecule has 9 rings (SSSR count). The minimum atomic E-state index is 0.516. The van der Waals surface area contributed by atoms with Crippen LogP contribution >= 0.6 is 0 Å². The molecule has 1 aliphatic heterocycles. The minimum absolute atomic E-state index is 0.516. The van der Waals surface area contributed by atoms with Crippen molar-refractivity contribution < 1.29 is 75.1 Å². The molecule has 0 unspecified atom stereocenters. The van der Waals surface area contributed by atoms with Crippen molar-refractivity contribution in [1.82, 2.24) is 19.9 Å². The van der Waals surface area contributed by atoms with Crippen LogP contribution in [0.1, 0.15) is 45.0 Å². The molecule has 20 nitrogen and oxygen atoms in total. The molecule has 8 aromatic rings. The van der Waals surface area contributed by atoms with E-state index < -0.39 is 0 Å². The van der Waals surface area contributed by atoms with Crippen LogP contribution in [-0.4, -0.2) is 181 Å². The zero-order valence-electron chi connectivity index (χ0n) is 51.5. The second-order valence-corrected chi connectivity index (χ2v) is 20.8. The average molecular weight is 1210 g/mol. The van der Waals surface area contributed by atoms with Crippen LogP contribution in [-0.2, 0) is 83.0 Å². The van der Waals surface area contributed by atoms with Gasteiger partial charge in [-0.25, -0.2) is 18.3 Å². The molecular weight excluding hydrogens is 1120 g/mol. The van der Waals surface area contributed by atoms with Gasteiger partial charge in [-0.2, -0.15) is 0 Å². The normalized spacial score (nSPS) is 12.5. The first kappa shape index (κ1) is 65.2. The Morgan fingerprint density at radius 2 is 0.420 bits per heavy atom. The van der Waals surface area contributed by atoms with Crippen molar-refractivity contribution in [3.8, 4) is 0 Å². The van der Waals surface area contributed by atoms with E-state index in [9.17, 15) is 0 Å². The van der Waals surface area contributed by atoms with Gasteiger partial charge in [0.25, 0.3) is 0 Å². The molecule has 0 atom stereocenters. The predicted octanol–water partition coefficient (Wildman–Crippen LogP) is 2.17. The zero-order valence-corrected chi connectivity index (χ0v) is 51.5. The monoisotopic (exact) mass is 1210 g/mol. The number of pyridine rings is 4. The highest BCUT2D eigenvalue weighted by molar-refractivity contribution is 5.84. The number of nitrogens with one attached hydrogen (secondary N) is 4. The van der Waals surface area contributed by atoms with E-state index in [1.807, 2.05) is 0 Å². The number of nitrogens with zero attached hydrogens (tertiary/aromatic N) is 4. The Labute approximate surface area is 515 Å². The Kier molecular flexibility index (Phi) is 26.9. The van der Waals surface area contributed by atoms with Gasteiger partial charge in [0, 0.05) is 143 Å². The van der Waals surface area contributed by atoms with Gasteiger partial charge in [-0.15, -0.1) is 0 Å². The summed E-state index contributed by atoms with van der Waals surface area (Å²) in [6.07, 6.45) is 16.9. The molecule has 0 amide bonds. The van der Waals surface area contributed by atoms with E-state index in [-0.39, 0.29) is 0 Å². The van der Waals surface area contributed by atoms with Crippen molar-refractivity contribution in [2.75, 3.05) is 161 Å². The van der Waals surface area contributed by atoms with Crippen molar-refractivity contribution in [2.24, 2.45) is 0 Å². The standard InChI is InChI=1S/C68H86N8O12/c1-77-37-41-85-49-45-81-33-29-73-21-13-53(14-22-73)65-57-5-7-59(69-57)66(54-15-23-74(24-16-54)30-34-82-46-50-86-42-38-78-2)61-9-11-63(71-61)68(56-19-27-76(28-20-56)32-36-84-48-52-88-44-40-80-4)64-12-10-62(72-64)67(60-8-6-58(65)70-60)55-17-25-75(26-18-55)31-35-83-47-51-87-43-39-79-3/h5-28H,29-52H2,1-4H3,(H2,69,70,71,72)/q+2/p+2. The molecule has 0 radical (unpaired) electrons. The van der Waals surface area contributed by atoms with E-state index in [2.05, 4.69) is 185 Å².